The van der Waals surface area contributed by atoms with Crippen LogP contribution in [0.3, 0.4) is 0 Å². The number of anilines is 1. The van der Waals surface area contributed by atoms with Gasteiger partial charge in [-0.1, -0.05) is 42.5 Å². The van der Waals surface area contributed by atoms with Gasteiger partial charge in [0.15, 0.2) is 11.5 Å². The molecule has 3 heterocycles. The first-order valence-electron chi connectivity index (χ1n) is 13.3. The number of rotatable bonds is 7. The fourth-order valence-corrected chi connectivity index (χ4v) is 4.74. The summed E-state index contributed by atoms with van der Waals surface area (Å²) in [5.74, 6) is -1.17. The van der Waals surface area contributed by atoms with Gasteiger partial charge in [-0.25, -0.2) is 24.1 Å². The van der Waals surface area contributed by atoms with Crippen molar-refractivity contribution in [3.05, 3.63) is 126 Å². The average molecular weight is 573 g/mol. The number of amides is 1. The summed E-state index contributed by atoms with van der Waals surface area (Å²) >= 11 is 0. The van der Waals surface area contributed by atoms with Crippen LogP contribution in [0.2, 0.25) is 0 Å². The summed E-state index contributed by atoms with van der Waals surface area (Å²) < 4.78 is 21.0. The first kappa shape index (κ1) is 27.3. The van der Waals surface area contributed by atoms with Gasteiger partial charge in [-0.05, 0) is 60.2 Å². The van der Waals surface area contributed by atoms with Crippen LogP contribution in [0.4, 0.5) is 10.2 Å². The highest BCUT2D eigenvalue weighted by Crippen LogP contribution is 2.31. The molecule has 0 aliphatic carbocycles. The molecule has 3 aromatic heterocycles. The van der Waals surface area contributed by atoms with Gasteiger partial charge < -0.3 is 15.8 Å². The van der Waals surface area contributed by atoms with Gasteiger partial charge in [-0.15, -0.1) is 0 Å². The van der Waals surface area contributed by atoms with Gasteiger partial charge in [0.05, 0.1) is 29.5 Å². The van der Waals surface area contributed by atoms with Crippen LogP contribution in [-0.4, -0.2) is 38.5 Å². The maximum absolute atomic E-state index is 14.5. The van der Waals surface area contributed by atoms with E-state index in [1.165, 1.54) is 19.2 Å². The van der Waals surface area contributed by atoms with E-state index < -0.39 is 17.7 Å². The Morgan fingerprint density at radius 1 is 0.930 bits per heavy atom. The lowest BCUT2D eigenvalue weighted by molar-refractivity contribution is 0.0599. The number of fused-ring (bicyclic) bond motifs is 1. The third kappa shape index (κ3) is 5.41. The van der Waals surface area contributed by atoms with Gasteiger partial charge in [0, 0.05) is 24.0 Å². The Balaban J connectivity index is 1.31. The van der Waals surface area contributed by atoms with Gasteiger partial charge in [0.1, 0.15) is 17.2 Å². The number of ether oxygens (including phenoxy) is 1. The van der Waals surface area contributed by atoms with Crippen LogP contribution in [0.15, 0.2) is 103 Å². The summed E-state index contributed by atoms with van der Waals surface area (Å²) in [6.45, 7) is 0.154. The zero-order valence-corrected chi connectivity index (χ0v) is 23.0. The van der Waals surface area contributed by atoms with Crippen molar-refractivity contribution >= 4 is 28.9 Å². The van der Waals surface area contributed by atoms with E-state index in [2.05, 4.69) is 15.0 Å². The molecule has 0 fully saturated rings. The van der Waals surface area contributed by atoms with Crippen LogP contribution in [0.1, 0.15) is 26.3 Å². The molecule has 6 rings (SSSR count). The maximum atomic E-state index is 14.5. The van der Waals surface area contributed by atoms with Crippen LogP contribution in [0.25, 0.3) is 39.5 Å². The molecule has 0 atom stereocenters. The zero-order chi connectivity index (χ0) is 29.9. The number of nitrogens with zero attached hydrogens (tertiary/aromatic N) is 4. The number of imidazole rings is 1. The van der Waals surface area contributed by atoms with Crippen molar-refractivity contribution in [2.24, 2.45) is 0 Å². The first-order valence-corrected chi connectivity index (χ1v) is 13.3. The molecule has 1 amide bonds. The number of methoxy groups -OCH3 is 1. The second kappa shape index (κ2) is 11.5. The number of hydrogen-bond donors (Lipinski definition) is 2. The minimum Gasteiger partial charge on any atom is -0.465 e. The molecule has 3 N–H and O–H groups in total. The number of halogens is 1. The summed E-state index contributed by atoms with van der Waals surface area (Å²) in [7, 11) is 1.20. The average Bonchev–Trinajstić information content (AvgIpc) is 3.42. The van der Waals surface area contributed by atoms with E-state index in [9.17, 15) is 14.0 Å². The number of nitrogens with two attached hydrogens (primary N) is 1. The van der Waals surface area contributed by atoms with E-state index in [0.29, 0.717) is 28.4 Å². The van der Waals surface area contributed by atoms with Gasteiger partial charge in [-0.2, -0.15) is 0 Å². The van der Waals surface area contributed by atoms with Crippen molar-refractivity contribution in [2.75, 3.05) is 12.8 Å². The molecule has 3 aromatic carbocycles. The Morgan fingerprint density at radius 3 is 2.44 bits per heavy atom. The predicted molar refractivity (Wildman–Crippen MR) is 161 cm³/mol. The lowest BCUT2D eigenvalue weighted by Crippen LogP contribution is -2.24. The van der Waals surface area contributed by atoms with Crippen LogP contribution < -0.4 is 11.1 Å². The third-order valence-electron chi connectivity index (χ3n) is 6.94. The number of nitrogen functional groups attached to an aromatic ring is 1. The number of carbonyl (C=O) groups is 2. The molecule has 43 heavy (non-hydrogen) atoms. The maximum Gasteiger partial charge on any atom is 0.337 e. The number of pyridine rings is 2. The molecule has 0 saturated heterocycles. The fourth-order valence-electron chi connectivity index (χ4n) is 4.74. The van der Waals surface area contributed by atoms with Crippen LogP contribution in [0, 0.1) is 5.82 Å². The van der Waals surface area contributed by atoms with Crippen molar-refractivity contribution in [2.45, 2.75) is 6.54 Å². The molecule has 0 saturated carbocycles. The molecular formula is C33H25FN6O3. The summed E-state index contributed by atoms with van der Waals surface area (Å²) in [4.78, 5) is 38.4. The van der Waals surface area contributed by atoms with E-state index >= 15 is 0 Å². The number of hydrogen-bond acceptors (Lipinski definition) is 7. The molecule has 0 unspecified atom stereocenters. The molecule has 0 aliphatic rings. The Labute approximate surface area is 245 Å². The zero-order valence-electron chi connectivity index (χ0n) is 23.0. The molecular weight excluding hydrogens is 547 g/mol. The van der Waals surface area contributed by atoms with Crippen LogP contribution >= 0.6 is 0 Å². The highest BCUT2D eigenvalue weighted by molar-refractivity contribution is 5.96. The lowest BCUT2D eigenvalue weighted by atomic mass is 10.1. The summed E-state index contributed by atoms with van der Waals surface area (Å²) in [6, 6.07) is 28.5. The van der Waals surface area contributed by atoms with E-state index in [-0.39, 0.29) is 17.7 Å². The lowest BCUT2D eigenvalue weighted by Gasteiger charge is -2.12. The van der Waals surface area contributed by atoms with Crippen LogP contribution in [-0.2, 0) is 11.3 Å². The second-order valence-corrected chi connectivity index (χ2v) is 9.65. The van der Waals surface area contributed by atoms with Crippen molar-refractivity contribution in [3.8, 4) is 28.3 Å². The molecule has 0 radical (unpaired) electrons. The molecule has 10 heteroatoms. The normalized spacial score (nSPS) is 10.9. The van der Waals surface area contributed by atoms with E-state index in [0.717, 1.165) is 28.6 Å². The number of carbonyl (C=O) groups excluding carboxylic acids is 2. The van der Waals surface area contributed by atoms with E-state index in [1.807, 2.05) is 77.4 Å². The van der Waals surface area contributed by atoms with Gasteiger partial charge in [0.2, 0.25) is 0 Å². The van der Waals surface area contributed by atoms with Crippen LogP contribution in [0.5, 0.6) is 0 Å². The van der Waals surface area contributed by atoms with Gasteiger partial charge >= 0.3 is 5.97 Å². The molecule has 0 spiro atoms. The molecule has 6 aromatic rings. The quantitative estimate of drug-likeness (QED) is 0.239. The SMILES string of the molecule is COC(=O)c1ccc(C(=O)NCc2ccc(-n3c(-c4cccnc4N)nc4ccc(-c5ccccc5)nc43)cc2)c(F)c1. The Bertz CT molecular complexity index is 1970. The number of esters is 1. The summed E-state index contributed by atoms with van der Waals surface area (Å²) in [6.07, 6.45) is 1.63. The Kier molecular flexibility index (Phi) is 7.32. The first-order chi connectivity index (χ1) is 20.9. The Hall–Kier alpha value is -5.90. The van der Waals surface area contributed by atoms with Crippen molar-refractivity contribution in [3.63, 3.8) is 0 Å². The molecule has 212 valence electrons. The standard InChI is InChI=1S/C33H25FN6O3/c1-43-33(42)22-11-14-24(26(34)18-22)32(41)37-19-20-9-12-23(13-10-20)40-30(25-8-5-17-36-29(25)35)39-28-16-15-27(38-31(28)40)21-6-3-2-4-7-21/h2-18H,19H2,1H3,(H2,35,36)(H,37,41). The topological polar surface area (TPSA) is 125 Å². The highest BCUT2D eigenvalue weighted by atomic mass is 19.1. The van der Waals surface area contributed by atoms with Crippen molar-refractivity contribution in [1.82, 2.24) is 24.8 Å². The minimum atomic E-state index is -0.813. The Morgan fingerprint density at radius 2 is 1.72 bits per heavy atom. The van der Waals surface area contributed by atoms with Crippen molar-refractivity contribution < 1.29 is 18.7 Å². The largest absolute Gasteiger partial charge is 0.465 e. The monoisotopic (exact) mass is 572 g/mol. The smallest absolute Gasteiger partial charge is 0.337 e. The predicted octanol–water partition coefficient (Wildman–Crippen LogP) is 5.59. The number of nitrogens with one attached hydrogen (secondary N) is 1. The van der Waals surface area contributed by atoms with E-state index in [1.54, 1.807) is 12.3 Å². The number of aromatic nitrogens is 4. The van der Waals surface area contributed by atoms with Gasteiger partial charge in [0.25, 0.3) is 5.91 Å². The van der Waals surface area contributed by atoms with E-state index in [4.69, 9.17) is 15.7 Å². The molecule has 0 bridgehead atoms. The third-order valence-corrected chi connectivity index (χ3v) is 6.94. The second-order valence-electron chi connectivity index (χ2n) is 9.65. The molecule has 0 aliphatic heterocycles. The number of benzene rings is 3. The minimum absolute atomic E-state index is 0.0250. The van der Waals surface area contributed by atoms with Gasteiger partial charge in [-0.3, -0.25) is 9.36 Å². The fraction of sp³-hybridized carbons (Fsp3) is 0.0606. The molecule has 9 nitrogen and oxygen atoms in total. The highest BCUT2D eigenvalue weighted by Gasteiger charge is 2.19. The summed E-state index contributed by atoms with van der Waals surface area (Å²) in [5.41, 5.74) is 11.4. The van der Waals surface area contributed by atoms with Crippen molar-refractivity contribution in [1.29, 1.82) is 0 Å². The summed E-state index contributed by atoms with van der Waals surface area (Å²) in [5, 5.41) is 2.72.